The Morgan fingerprint density at radius 1 is 0.839 bits per heavy atom. The molecule has 0 saturated carbocycles. The minimum atomic E-state index is -0.599. The van der Waals surface area contributed by atoms with E-state index < -0.39 is 17.9 Å². The van der Waals surface area contributed by atoms with E-state index in [2.05, 4.69) is 6.07 Å². The van der Waals surface area contributed by atoms with E-state index in [0.717, 1.165) is 11.1 Å². The van der Waals surface area contributed by atoms with Gasteiger partial charge in [0, 0.05) is 11.3 Å². The number of allylic oxidation sites excluding steroid dienone is 1. The van der Waals surface area contributed by atoms with Crippen LogP contribution in [0.25, 0.3) is 0 Å². The predicted molar refractivity (Wildman–Crippen MR) is 116 cm³/mol. The van der Waals surface area contributed by atoms with Crippen molar-refractivity contribution in [3.63, 3.8) is 0 Å². The van der Waals surface area contributed by atoms with Crippen LogP contribution in [0.4, 0.5) is 5.69 Å². The molecule has 3 aromatic carbocycles. The summed E-state index contributed by atoms with van der Waals surface area (Å²) in [6.45, 7) is 0. The molecule has 5 rings (SSSR count). The lowest BCUT2D eigenvalue weighted by atomic mass is 9.79. The Balaban J connectivity index is 1.76. The lowest BCUT2D eigenvalue weighted by Gasteiger charge is -2.31. The van der Waals surface area contributed by atoms with E-state index in [1.807, 2.05) is 91.0 Å². The van der Waals surface area contributed by atoms with Crippen LogP contribution in [0.3, 0.4) is 0 Å². The van der Waals surface area contributed by atoms with Gasteiger partial charge >= 0.3 is 0 Å². The molecule has 0 radical (unpaired) electrons. The van der Waals surface area contributed by atoms with Gasteiger partial charge in [0.05, 0.1) is 12.0 Å². The molecule has 2 aliphatic rings. The first-order chi connectivity index (χ1) is 15.2. The Morgan fingerprint density at radius 2 is 1.39 bits per heavy atom. The number of nitrogens with zero attached hydrogens (tertiary/aromatic N) is 2. The van der Waals surface area contributed by atoms with E-state index in [1.54, 1.807) is 4.90 Å². The Labute approximate surface area is 179 Å². The van der Waals surface area contributed by atoms with Crippen molar-refractivity contribution in [2.45, 2.75) is 12.0 Å². The number of carbonyl (C=O) groups excluding carboxylic acids is 1. The number of hydrogen-bond donors (Lipinski definition) is 1. The molecule has 0 bridgehead atoms. The summed E-state index contributed by atoms with van der Waals surface area (Å²) in [5.41, 5.74) is 3.16. The van der Waals surface area contributed by atoms with Crippen LogP contribution in [-0.2, 0) is 9.53 Å². The molecule has 5 nitrogen and oxygen atoms in total. The molecule has 0 saturated heterocycles. The molecule has 0 fully saturated rings. The van der Waals surface area contributed by atoms with Gasteiger partial charge in [-0.3, -0.25) is 9.69 Å². The number of nitriles is 1. The van der Waals surface area contributed by atoms with Crippen LogP contribution >= 0.6 is 0 Å². The van der Waals surface area contributed by atoms with E-state index in [1.165, 1.54) is 0 Å². The minimum absolute atomic E-state index is 0.0723. The van der Waals surface area contributed by atoms with Crippen molar-refractivity contribution in [1.29, 1.82) is 5.26 Å². The molecule has 2 atom stereocenters. The molecule has 0 aromatic heterocycles. The van der Waals surface area contributed by atoms with Crippen LogP contribution in [-0.4, -0.2) is 11.0 Å². The second-order valence-electron chi connectivity index (χ2n) is 7.38. The minimum Gasteiger partial charge on any atom is -0.480 e. The van der Waals surface area contributed by atoms with Crippen molar-refractivity contribution in [1.82, 2.24) is 0 Å². The number of hydrogen-bond acceptors (Lipinski definition) is 4. The third kappa shape index (κ3) is 2.97. The van der Waals surface area contributed by atoms with E-state index in [0.29, 0.717) is 11.3 Å². The summed E-state index contributed by atoms with van der Waals surface area (Å²) >= 11 is 0. The molecule has 2 aliphatic heterocycles. The maximum atomic E-state index is 13.6. The second-order valence-corrected chi connectivity index (χ2v) is 7.38. The van der Waals surface area contributed by atoms with Gasteiger partial charge in [-0.2, -0.15) is 5.26 Å². The zero-order valence-electron chi connectivity index (χ0n) is 16.5. The number of amides is 1. The summed E-state index contributed by atoms with van der Waals surface area (Å²) in [5.74, 6) is -1.40. The van der Waals surface area contributed by atoms with Crippen LogP contribution in [0.5, 0.6) is 0 Å². The Morgan fingerprint density at radius 3 is 1.97 bits per heavy atom. The zero-order valence-corrected chi connectivity index (χ0v) is 16.5. The van der Waals surface area contributed by atoms with Crippen LogP contribution in [0.15, 0.2) is 114 Å². The van der Waals surface area contributed by atoms with Crippen LogP contribution in [0.1, 0.15) is 23.1 Å². The van der Waals surface area contributed by atoms with Gasteiger partial charge in [0.15, 0.2) is 5.76 Å². The van der Waals surface area contributed by atoms with Crippen molar-refractivity contribution in [2.75, 3.05) is 4.90 Å². The number of ether oxygens (including phenoxy) is 1. The van der Waals surface area contributed by atoms with Crippen molar-refractivity contribution < 1.29 is 14.6 Å². The zero-order chi connectivity index (χ0) is 21.4. The highest BCUT2D eigenvalue weighted by atomic mass is 16.6. The number of aliphatic hydroxyl groups is 1. The molecule has 1 N–H and O–H groups in total. The molecule has 0 aliphatic carbocycles. The molecular weight excluding hydrogens is 388 g/mol. The summed E-state index contributed by atoms with van der Waals surface area (Å²) in [5, 5.41) is 20.4. The smallest absolute Gasteiger partial charge is 0.297 e. The third-order valence-corrected chi connectivity index (χ3v) is 5.66. The molecule has 3 aromatic rings. The molecule has 0 spiro atoms. The lowest BCUT2D eigenvalue weighted by Crippen LogP contribution is -2.30. The first-order valence-corrected chi connectivity index (χ1v) is 9.94. The molecule has 1 amide bonds. The van der Waals surface area contributed by atoms with Gasteiger partial charge in [0.2, 0.25) is 0 Å². The Hall–Kier alpha value is -4.30. The summed E-state index contributed by atoms with van der Waals surface area (Å²) in [6, 6.07) is 30.1. The van der Waals surface area contributed by atoms with E-state index in [-0.39, 0.29) is 17.2 Å². The highest BCUT2D eigenvalue weighted by molar-refractivity contribution is 6.09. The van der Waals surface area contributed by atoms with Gasteiger partial charge in [-0.15, -0.1) is 0 Å². The molecule has 5 heteroatoms. The quantitative estimate of drug-likeness (QED) is 0.654. The van der Waals surface area contributed by atoms with E-state index >= 15 is 0 Å². The maximum absolute atomic E-state index is 13.6. The van der Waals surface area contributed by atoms with Crippen molar-refractivity contribution in [2.24, 2.45) is 0 Å². The topological polar surface area (TPSA) is 73.6 Å². The summed E-state index contributed by atoms with van der Waals surface area (Å²) in [4.78, 5) is 15.2. The third-order valence-electron chi connectivity index (χ3n) is 5.66. The Kier molecular flexibility index (Phi) is 4.53. The SMILES string of the molecule is N#CC1=C(O)OC2=C(C1c1ccccc1)C(c1ccccc1)N(c1ccccc1)C2=O. The fourth-order valence-electron chi connectivity index (χ4n) is 4.36. The number of rotatable bonds is 3. The number of anilines is 1. The summed E-state index contributed by atoms with van der Waals surface area (Å²) in [6.07, 6.45) is 0. The van der Waals surface area contributed by atoms with Crippen LogP contribution in [0.2, 0.25) is 0 Å². The van der Waals surface area contributed by atoms with Gasteiger partial charge in [0.25, 0.3) is 11.9 Å². The molecule has 31 heavy (non-hydrogen) atoms. The van der Waals surface area contributed by atoms with Gasteiger partial charge in [-0.1, -0.05) is 78.9 Å². The normalized spacial score (nSPS) is 20.4. The molecule has 150 valence electrons. The molecular formula is C26H18N2O3. The van der Waals surface area contributed by atoms with Crippen molar-refractivity contribution in [3.8, 4) is 6.07 Å². The molecule has 2 unspecified atom stereocenters. The fraction of sp³-hybridized carbons (Fsp3) is 0.0769. The van der Waals surface area contributed by atoms with Crippen molar-refractivity contribution >= 4 is 11.6 Å². The first-order valence-electron chi connectivity index (χ1n) is 9.94. The first kappa shape index (κ1) is 18.7. The van der Waals surface area contributed by atoms with Crippen molar-refractivity contribution in [3.05, 3.63) is 125 Å². The average molecular weight is 406 g/mol. The monoisotopic (exact) mass is 406 g/mol. The van der Waals surface area contributed by atoms with Gasteiger partial charge in [-0.05, 0) is 23.3 Å². The number of para-hydroxylation sites is 1. The maximum Gasteiger partial charge on any atom is 0.297 e. The number of aliphatic hydroxyl groups excluding tert-OH is 1. The second kappa shape index (κ2) is 7.51. The van der Waals surface area contributed by atoms with Crippen LogP contribution < -0.4 is 4.90 Å². The van der Waals surface area contributed by atoms with E-state index in [4.69, 9.17) is 4.74 Å². The molecule has 2 heterocycles. The highest BCUT2D eigenvalue weighted by Gasteiger charge is 2.50. The van der Waals surface area contributed by atoms with Gasteiger partial charge in [0.1, 0.15) is 11.6 Å². The average Bonchev–Trinajstić information content (AvgIpc) is 3.11. The summed E-state index contributed by atoms with van der Waals surface area (Å²) < 4.78 is 5.58. The van der Waals surface area contributed by atoms with Gasteiger partial charge in [-0.25, -0.2) is 0 Å². The van der Waals surface area contributed by atoms with E-state index in [9.17, 15) is 15.2 Å². The number of carbonyl (C=O) groups is 1. The van der Waals surface area contributed by atoms with Crippen LogP contribution in [0, 0.1) is 11.3 Å². The predicted octanol–water partition coefficient (Wildman–Crippen LogP) is 5.14. The van der Waals surface area contributed by atoms with Gasteiger partial charge < -0.3 is 9.84 Å². The summed E-state index contributed by atoms with van der Waals surface area (Å²) in [7, 11) is 0. The fourth-order valence-corrected chi connectivity index (χ4v) is 4.36. The lowest BCUT2D eigenvalue weighted by molar-refractivity contribution is -0.118. The highest BCUT2D eigenvalue weighted by Crippen LogP contribution is 2.52. The largest absolute Gasteiger partial charge is 0.480 e. The standard InChI is InChI=1S/C26H18N2O3/c27-16-20-21(17-10-4-1-5-11-17)22-23(18-12-6-2-7-13-18)28(19-14-8-3-9-15-19)25(29)24(22)31-26(20)30/h1-15,21,23,30H. The Bertz CT molecular complexity index is 1240. The number of benzene rings is 3.